The maximum Gasteiger partial charge on any atom is 0.519 e. The Balaban J connectivity index is 0.000000212. The third-order valence-electron chi connectivity index (χ3n) is 14.1. The highest BCUT2D eigenvalue weighted by Crippen LogP contribution is 2.34. The average Bonchev–Trinajstić information content (AvgIpc) is 1.75. The van der Waals surface area contributed by atoms with E-state index < -0.39 is 40.1 Å². The summed E-state index contributed by atoms with van der Waals surface area (Å²) in [6, 6.07) is 29.0. The molecule has 91 heavy (non-hydrogen) atoms. The summed E-state index contributed by atoms with van der Waals surface area (Å²) in [5.41, 5.74) is 4.16. The van der Waals surface area contributed by atoms with Crippen LogP contribution >= 0.6 is 23.2 Å². The summed E-state index contributed by atoms with van der Waals surface area (Å²) in [6.07, 6.45) is 7.98. The molecule has 4 aromatic carbocycles. The van der Waals surface area contributed by atoms with E-state index in [0.29, 0.717) is 63.7 Å². The van der Waals surface area contributed by atoms with E-state index in [1.54, 1.807) is 95.2 Å². The third-order valence-corrected chi connectivity index (χ3v) is 14.7. The molecule has 2 unspecified atom stereocenters. The number of carbonyl (C=O) groups is 3. The van der Waals surface area contributed by atoms with E-state index in [0.717, 1.165) is 77.9 Å². The first-order valence-corrected chi connectivity index (χ1v) is 30.2. The fraction of sp³-hybridized carbons (Fsp3) is 0.422. The number of nitrogens with one attached hydrogen (secondary N) is 5. The van der Waals surface area contributed by atoms with Crippen LogP contribution < -0.4 is 16.0 Å². The highest BCUT2D eigenvalue weighted by molar-refractivity contribution is 6.33. The quantitative estimate of drug-likeness (QED) is 0.0222. The highest BCUT2D eigenvalue weighted by atomic mass is 35.5. The number of nitro benzene ring substituents is 2. The van der Waals surface area contributed by atoms with Crippen molar-refractivity contribution in [3.8, 4) is 22.8 Å². The van der Waals surface area contributed by atoms with Crippen LogP contribution in [0.4, 0.5) is 37.7 Å². The van der Waals surface area contributed by atoms with Crippen molar-refractivity contribution in [2.45, 2.75) is 175 Å². The Morgan fingerprint density at radius 1 is 0.582 bits per heavy atom. The molecule has 25 nitrogen and oxygen atoms in total. The zero-order chi connectivity index (χ0) is 64.9. The van der Waals surface area contributed by atoms with Gasteiger partial charge >= 0.3 is 18.4 Å². The van der Waals surface area contributed by atoms with Crippen LogP contribution in [0, 0.1) is 20.2 Å². The van der Waals surface area contributed by atoms with Gasteiger partial charge in [0.25, 0.3) is 11.4 Å². The van der Waals surface area contributed by atoms with E-state index in [-0.39, 0.29) is 48.4 Å². The second kappa shape index (κ2) is 30.6. The Morgan fingerprint density at radius 3 is 1.47 bits per heavy atom. The molecule has 0 spiro atoms. The summed E-state index contributed by atoms with van der Waals surface area (Å²) < 4.78 is 19.6. The Hall–Kier alpha value is -9.07. The van der Waals surface area contributed by atoms with Crippen LogP contribution in [0.2, 0.25) is 10.0 Å². The molecule has 0 aliphatic heterocycles. The molecular weight excluding hydrogens is 1210 g/mol. The molecule has 0 radical (unpaired) electrons. The van der Waals surface area contributed by atoms with Crippen molar-refractivity contribution in [1.82, 2.24) is 50.5 Å². The number of halogens is 2. The minimum Gasteiger partial charge on any atom is -0.444 e. The molecule has 4 atom stereocenters. The van der Waals surface area contributed by atoms with Gasteiger partial charge < -0.3 is 39.8 Å². The lowest BCUT2D eigenvalue weighted by atomic mass is 9.90. The Morgan fingerprint density at radius 2 is 1.01 bits per heavy atom. The van der Waals surface area contributed by atoms with Crippen molar-refractivity contribution < 1.29 is 43.2 Å². The number of nitro groups is 2. The second-order valence-electron chi connectivity index (χ2n) is 24.7. The molecule has 0 bridgehead atoms. The molecule has 0 saturated heterocycles. The van der Waals surface area contributed by atoms with Gasteiger partial charge in [0.1, 0.15) is 39.6 Å². The lowest BCUT2D eigenvalue weighted by Gasteiger charge is -2.38. The van der Waals surface area contributed by atoms with Crippen LogP contribution in [0.25, 0.3) is 44.6 Å². The number of H-pyrrole nitrogens is 2. The monoisotopic (exact) mass is 1290 g/mol. The number of aromatic nitrogens is 8. The largest absolute Gasteiger partial charge is 0.519 e. The number of amides is 1. The van der Waals surface area contributed by atoms with Crippen LogP contribution in [0.3, 0.4) is 0 Å². The summed E-state index contributed by atoms with van der Waals surface area (Å²) in [7, 11) is 0. The van der Waals surface area contributed by atoms with Crippen molar-refractivity contribution in [2.24, 2.45) is 0 Å². The molecular formula is C64H78Cl2N14O11. The van der Waals surface area contributed by atoms with E-state index in [9.17, 15) is 34.6 Å². The molecule has 8 aromatic rings. The molecule has 2 fully saturated rings. The second-order valence-corrected chi connectivity index (χ2v) is 25.6. The topological polar surface area (TPSA) is 323 Å². The Kier molecular flexibility index (Phi) is 23.4. The normalized spacial score (nSPS) is 16.5. The number of ether oxygens (including phenoxy) is 4. The summed E-state index contributed by atoms with van der Waals surface area (Å²) in [5.74, 6) is 0.966. The number of aromatic amines is 2. The Bertz CT molecular complexity index is 3770. The van der Waals surface area contributed by atoms with E-state index in [4.69, 9.17) is 42.4 Å². The van der Waals surface area contributed by atoms with E-state index in [1.807, 2.05) is 69.3 Å². The standard InChI is InChI=1S/C29H32ClN7O4.C24H24ClN7O2.C10H18O5.CH4/c1-29(2,3)41-28(38)36(17-18-11-13-20(14-12-18)37(39)40)21-8-6-7-19(15-21)32-27-31-16-23(30)26(33-27)25-22-9-4-5-10-24(22)34-35-25;25-20-14-27-24(29-23(20)22-19-6-1-2-7-21(19)30-31-22)28-17-5-3-4-16(12-17)26-13-15-8-10-18(11-9-15)32(33)34;1-9(2,3)14-7(11)13-8(12)15-10(4,5)6;/h4-5,9-14,16,19,21H,6-8,15,17H2,1-3H3,(H,34,35)(H,31,32,33);1-2,6-11,14,16-17,26H,3-5,12-13H2,(H,30,31)(H,27,28,29);1-6H3;1H4/t19?,21-;16-,17?;;/m00../s1. The molecule has 2 aliphatic carbocycles. The third kappa shape index (κ3) is 20.5. The molecule has 10 rings (SSSR count). The van der Waals surface area contributed by atoms with Gasteiger partial charge in [0.2, 0.25) is 11.9 Å². The summed E-state index contributed by atoms with van der Waals surface area (Å²) >= 11 is 12.9. The van der Waals surface area contributed by atoms with Crippen molar-refractivity contribution in [2.75, 3.05) is 10.6 Å². The molecule has 1 amide bonds. The maximum absolute atomic E-state index is 13.3. The summed E-state index contributed by atoms with van der Waals surface area (Å²) in [4.78, 5) is 76.4. The number of hydrogen-bond acceptors (Lipinski definition) is 20. The van der Waals surface area contributed by atoms with E-state index in [1.165, 1.54) is 12.1 Å². The summed E-state index contributed by atoms with van der Waals surface area (Å²) in [6.45, 7) is 16.5. The predicted molar refractivity (Wildman–Crippen MR) is 349 cm³/mol. The Labute approximate surface area is 537 Å². The number of nitrogens with zero attached hydrogens (tertiary/aromatic N) is 9. The van der Waals surface area contributed by atoms with Gasteiger partial charge in [-0.05, 0) is 137 Å². The van der Waals surface area contributed by atoms with Gasteiger partial charge in [-0.2, -0.15) is 10.2 Å². The molecule has 2 aliphatic rings. The zero-order valence-electron chi connectivity index (χ0n) is 51.5. The van der Waals surface area contributed by atoms with Gasteiger partial charge in [-0.3, -0.25) is 30.4 Å². The van der Waals surface area contributed by atoms with Crippen LogP contribution in [0.15, 0.2) is 109 Å². The molecule has 4 heterocycles. The van der Waals surface area contributed by atoms with Crippen LogP contribution in [0.5, 0.6) is 0 Å². The van der Waals surface area contributed by atoms with Gasteiger partial charge in [-0.15, -0.1) is 0 Å². The van der Waals surface area contributed by atoms with Gasteiger partial charge in [0.15, 0.2) is 0 Å². The number of carbonyl (C=O) groups excluding carboxylic acids is 3. The number of benzene rings is 4. The van der Waals surface area contributed by atoms with Crippen LogP contribution in [-0.2, 0) is 32.0 Å². The minimum absolute atomic E-state index is 0. The van der Waals surface area contributed by atoms with Gasteiger partial charge in [0.05, 0.1) is 43.3 Å². The highest BCUT2D eigenvalue weighted by Gasteiger charge is 2.34. The van der Waals surface area contributed by atoms with Crippen LogP contribution in [0.1, 0.15) is 132 Å². The van der Waals surface area contributed by atoms with Crippen molar-refractivity contribution in [1.29, 1.82) is 0 Å². The molecule has 27 heteroatoms. The fourth-order valence-corrected chi connectivity index (χ4v) is 10.5. The van der Waals surface area contributed by atoms with Crippen LogP contribution in [-0.4, -0.2) is 114 Å². The first kappa shape index (κ1) is 69.4. The fourth-order valence-electron chi connectivity index (χ4n) is 10.1. The van der Waals surface area contributed by atoms with Gasteiger partial charge in [0, 0.05) is 72.3 Å². The molecule has 5 N–H and O–H groups in total. The number of rotatable bonds is 14. The smallest absolute Gasteiger partial charge is 0.444 e. The minimum atomic E-state index is -1.06. The number of non-ortho nitro benzene ring substituents is 2. The molecule has 2 saturated carbocycles. The van der Waals surface area contributed by atoms with Gasteiger partial charge in [-0.25, -0.2) is 34.3 Å². The summed E-state index contributed by atoms with van der Waals surface area (Å²) in [5, 5.41) is 50.0. The average molecular weight is 1290 g/mol. The van der Waals surface area contributed by atoms with Crippen molar-refractivity contribution in [3.05, 3.63) is 151 Å². The number of anilines is 2. The first-order valence-electron chi connectivity index (χ1n) is 29.4. The van der Waals surface area contributed by atoms with Gasteiger partial charge in [-0.1, -0.05) is 91.3 Å². The maximum atomic E-state index is 13.3. The van der Waals surface area contributed by atoms with Crippen molar-refractivity contribution in [3.63, 3.8) is 0 Å². The SMILES string of the molecule is C.CC(C)(C)OC(=O)N(Cc1ccc([N+](=O)[O-])cc1)[C@H]1CCCC(Nc2ncc(Cl)c(-c3n[nH]c4ccccc34)n2)C1.CC(C)(C)OC(=O)OC(=O)OC(C)(C)C.O=[N+]([O-])c1ccc(CN[C@H]2CCCC(Nc3ncc(Cl)c(-c4n[nH]c5ccccc45)n3)C2)cc1. The molecule has 4 aromatic heterocycles. The van der Waals surface area contributed by atoms with E-state index in [2.05, 4.69) is 56.0 Å². The molecule has 484 valence electrons. The first-order chi connectivity index (χ1) is 42.6. The van der Waals surface area contributed by atoms with E-state index >= 15 is 0 Å². The number of hydrogen-bond donors (Lipinski definition) is 5. The predicted octanol–water partition coefficient (Wildman–Crippen LogP) is 15.3. The zero-order valence-corrected chi connectivity index (χ0v) is 53.1. The lowest BCUT2D eigenvalue weighted by molar-refractivity contribution is -0.385. The lowest BCUT2D eigenvalue weighted by Crippen LogP contribution is -2.46. The van der Waals surface area contributed by atoms with Crippen molar-refractivity contribution >= 4 is 86.7 Å². The number of fused-ring (bicyclic) bond motifs is 2. The number of para-hydroxylation sites is 2.